The van der Waals surface area contributed by atoms with Crippen LogP contribution in [-0.2, 0) is 24.2 Å². The van der Waals surface area contributed by atoms with Gasteiger partial charge in [-0.25, -0.2) is 8.78 Å². The molecule has 28 heavy (non-hydrogen) atoms. The van der Waals surface area contributed by atoms with E-state index in [1.807, 2.05) is 11.9 Å². The van der Waals surface area contributed by atoms with Gasteiger partial charge in [0.15, 0.2) is 11.6 Å². The lowest BCUT2D eigenvalue weighted by Gasteiger charge is -2.16. The molecule has 1 aromatic heterocycles. The molecule has 1 aliphatic carbocycles. The molecule has 2 aromatic rings. The molecule has 0 unspecified atom stereocenters. The first-order chi connectivity index (χ1) is 13.5. The Morgan fingerprint density at radius 2 is 2.04 bits per heavy atom. The largest absolute Gasteiger partial charge is 0.317 e. The zero-order valence-electron chi connectivity index (χ0n) is 15.9. The summed E-state index contributed by atoms with van der Waals surface area (Å²) in [5.74, 6) is -1.89. The third-order valence-corrected chi connectivity index (χ3v) is 6.15. The van der Waals surface area contributed by atoms with Gasteiger partial charge in [0.2, 0.25) is 5.91 Å². The number of halogens is 2. The Morgan fingerprint density at radius 3 is 2.79 bits per heavy atom. The van der Waals surface area contributed by atoms with E-state index >= 15 is 0 Å². The lowest BCUT2D eigenvalue weighted by molar-refractivity contribution is -0.116. The highest BCUT2D eigenvalue weighted by molar-refractivity contribution is 7.16. The number of nitriles is 1. The second-order valence-corrected chi connectivity index (χ2v) is 8.27. The summed E-state index contributed by atoms with van der Waals surface area (Å²) >= 11 is 1.52. The van der Waals surface area contributed by atoms with Crippen LogP contribution in [0.3, 0.4) is 0 Å². The van der Waals surface area contributed by atoms with Gasteiger partial charge in [-0.05, 0) is 56.0 Å². The second-order valence-electron chi connectivity index (χ2n) is 7.16. The molecule has 3 rings (SSSR count). The van der Waals surface area contributed by atoms with Crippen LogP contribution in [0, 0.1) is 23.0 Å². The van der Waals surface area contributed by atoms with E-state index in [0.717, 1.165) is 37.3 Å². The van der Waals surface area contributed by atoms with Gasteiger partial charge in [0.1, 0.15) is 11.1 Å². The molecule has 0 saturated heterocycles. The van der Waals surface area contributed by atoms with Crippen molar-refractivity contribution in [3.05, 3.63) is 51.4 Å². The monoisotopic (exact) mass is 403 g/mol. The molecule has 148 valence electrons. The van der Waals surface area contributed by atoms with Gasteiger partial charge in [-0.3, -0.25) is 4.79 Å². The summed E-state index contributed by atoms with van der Waals surface area (Å²) in [7, 11) is 1.82. The van der Waals surface area contributed by atoms with Gasteiger partial charge in [0, 0.05) is 24.4 Å². The van der Waals surface area contributed by atoms with Crippen molar-refractivity contribution in [3.8, 4) is 6.07 Å². The molecule has 0 bridgehead atoms. The Hall–Kier alpha value is -2.30. The molecule has 0 fully saturated rings. The number of rotatable bonds is 6. The summed E-state index contributed by atoms with van der Waals surface area (Å²) < 4.78 is 26.3. The van der Waals surface area contributed by atoms with Crippen LogP contribution in [0.5, 0.6) is 0 Å². The van der Waals surface area contributed by atoms with Gasteiger partial charge in [-0.15, -0.1) is 11.3 Å². The van der Waals surface area contributed by atoms with Gasteiger partial charge < -0.3 is 10.2 Å². The molecule has 0 saturated carbocycles. The summed E-state index contributed by atoms with van der Waals surface area (Å²) in [6, 6.07) is 6.08. The normalized spacial score (nSPS) is 13.7. The summed E-state index contributed by atoms with van der Waals surface area (Å²) in [5.41, 5.74) is 2.37. The van der Waals surface area contributed by atoms with Gasteiger partial charge in [-0.2, -0.15) is 5.26 Å². The maximum Gasteiger partial charge on any atom is 0.226 e. The first-order valence-corrected chi connectivity index (χ1v) is 10.3. The minimum Gasteiger partial charge on any atom is -0.317 e. The summed E-state index contributed by atoms with van der Waals surface area (Å²) in [5, 5.41) is 13.1. The first-order valence-electron chi connectivity index (χ1n) is 9.45. The highest BCUT2D eigenvalue weighted by atomic mass is 32.1. The van der Waals surface area contributed by atoms with Crippen LogP contribution >= 0.6 is 11.3 Å². The van der Waals surface area contributed by atoms with Crippen LogP contribution in [-0.4, -0.2) is 24.4 Å². The van der Waals surface area contributed by atoms with Gasteiger partial charge in [-0.1, -0.05) is 12.5 Å². The fourth-order valence-electron chi connectivity index (χ4n) is 3.46. The molecule has 0 spiro atoms. The van der Waals surface area contributed by atoms with Crippen molar-refractivity contribution in [1.82, 2.24) is 4.90 Å². The van der Waals surface area contributed by atoms with E-state index in [9.17, 15) is 18.8 Å². The lowest BCUT2D eigenvalue weighted by Crippen LogP contribution is -2.24. The van der Waals surface area contributed by atoms with Crippen molar-refractivity contribution in [3.63, 3.8) is 0 Å². The van der Waals surface area contributed by atoms with Crippen molar-refractivity contribution in [2.45, 2.75) is 45.1 Å². The van der Waals surface area contributed by atoms with Crippen molar-refractivity contribution in [1.29, 1.82) is 5.26 Å². The van der Waals surface area contributed by atoms with Crippen LogP contribution in [0.1, 0.15) is 47.3 Å². The molecule has 1 aliphatic rings. The Labute approximate surface area is 167 Å². The molecule has 1 heterocycles. The molecule has 0 radical (unpaired) electrons. The predicted octanol–water partition coefficient (Wildman–Crippen LogP) is 4.63. The number of nitrogens with zero attached hydrogens (tertiary/aromatic N) is 2. The van der Waals surface area contributed by atoms with E-state index in [2.05, 4.69) is 11.4 Å². The van der Waals surface area contributed by atoms with Crippen LogP contribution in [0.2, 0.25) is 0 Å². The van der Waals surface area contributed by atoms with Crippen molar-refractivity contribution in [2.24, 2.45) is 0 Å². The van der Waals surface area contributed by atoms with E-state index < -0.39 is 11.6 Å². The topological polar surface area (TPSA) is 56.1 Å². The number of fused-ring (bicyclic) bond motifs is 1. The summed E-state index contributed by atoms with van der Waals surface area (Å²) in [4.78, 5) is 15.5. The smallest absolute Gasteiger partial charge is 0.226 e. The molecule has 0 aliphatic heterocycles. The number of aryl methyl sites for hydroxylation is 1. The van der Waals surface area contributed by atoms with Crippen molar-refractivity contribution < 1.29 is 13.6 Å². The number of amides is 1. The molecule has 4 nitrogen and oxygen atoms in total. The zero-order valence-corrected chi connectivity index (χ0v) is 16.7. The van der Waals surface area contributed by atoms with E-state index in [0.29, 0.717) is 29.2 Å². The van der Waals surface area contributed by atoms with Crippen molar-refractivity contribution >= 4 is 22.2 Å². The number of benzene rings is 1. The average Bonchev–Trinajstić information content (AvgIpc) is 2.82. The number of hydrogen-bond donors (Lipinski definition) is 1. The first kappa shape index (κ1) is 20.4. The highest BCUT2D eigenvalue weighted by Crippen LogP contribution is 2.37. The third kappa shape index (κ3) is 4.94. The molecule has 1 aromatic carbocycles. The molecule has 1 N–H and O–H groups in total. The molecule has 0 atom stereocenters. The van der Waals surface area contributed by atoms with E-state index in [1.165, 1.54) is 34.8 Å². The lowest BCUT2D eigenvalue weighted by atomic mass is 10.1. The Morgan fingerprint density at radius 1 is 1.25 bits per heavy atom. The molecule has 7 heteroatoms. The fourth-order valence-corrected chi connectivity index (χ4v) is 4.72. The SMILES string of the molecule is CN(CCC(=O)Nc1sc2c(c1C#N)CCCCC2)Cc1ccc(F)c(F)c1. The van der Waals surface area contributed by atoms with E-state index in [-0.39, 0.29) is 12.3 Å². The predicted molar refractivity (Wildman–Crippen MR) is 106 cm³/mol. The van der Waals surface area contributed by atoms with Gasteiger partial charge in [0.05, 0.1) is 5.56 Å². The number of anilines is 1. The maximum absolute atomic E-state index is 13.3. The number of hydrogen-bond acceptors (Lipinski definition) is 4. The Kier molecular flexibility index (Phi) is 6.76. The van der Waals surface area contributed by atoms with Crippen LogP contribution in [0.25, 0.3) is 0 Å². The average molecular weight is 403 g/mol. The Balaban J connectivity index is 1.55. The number of thiophene rings is 1. The molecular weight excluding hydrogens is 380 g/mol. The number of carbonyl (C=O) groups excluding carboxylic acids is 1. The van der Waals surface area contributed by atoms with Crippen LogP contribution in [0.4, 0.5) is 13.8 Å². The quantitative estimate of drug-likeness (QED) is 0.716. The number of nitrogens with one attached hydrogen (secondary N) is 1. The van der Waals surface area contributed by atoms with E-state index in [1.54, 1.807) is 0 Å². The minimum absolute atomic E-state index is 0.148. The highest BCUT2D eigenvalue weighted by Gasteiger charge is 2.21. The fraction of sp³-hybridized carbons (Fsp3) is 0.429. The number of carbonyl (C=O) groups is 1. The van der Waals surface area contributed by atoms with E-state index in [4.69, 9.17) is 0 Å². The summed E-state index contributed by atoms with van der Waals surface area (Å²) in [6.07, 6.45) is 5.52. The van der Waals surface area contributed by atoms with Crippen LogP contribution < -0.4 is 5.32 Å². The maximum atomic E-state index is 13.3. The second kappa shape index (κ2) is 9.26. The zero-order chi connectivity index (χ0) is 20.1. The summed E-state index contributed by atoms with van der Waals surface area (Å²) in [6.45, 7) is 0.888. The standard InChI is InChI=1S/C21H23F2N3OS/c1-26(13-14-7-8-17(22)18(23)11-14)10-9-20(27)25-21-16(12-24)15-5-3-2-4-6-19(15)28-21/h7-8,11H,2-6,9-10,13H2,1H3,(H,25,27). The Bertz CT molecular complexity index is 904. The third-order valence-electron chi connectivity index (χ3n) is 4.94. The van der Waals surface area contributed by atoms with Crippen LogP contribution in [0.15, 0.2) is 18.2 Å². The van der Waals surface area contributed by atoms with Gasteiger partial charge >= 0.3 is 0 Å². The molecular formula is C21H23F2N3OS. The van der Waals surface area contributed by atoms with Gasteiger partial charge in [0.25, 0.3) is 0 Å². The minimum atomic E-state index is -0.870. The molecule has 1 amide bonds. The van der Waals surface area contributed by atoms with Crippen molar-refractivity contribution in [2.75, 3.05) is 18.9 Å².